The van der Waals surface area contributed by atoms with Crippen LogP contribution in [0.2, 0.25) is 5.02 Å². The van der Waals surface area contributed by atoms with Crippen molar-refractivity contribution >= 4 is 29.6 Å². The lowest BCUT2D eigenvalue weighted by atomic mass is 10.1. The topological polar surface area (TPSA) is 65.1 Å². The van der Waals surface area contributed by atoms with E-state index in [4.69, 9.17) is 25.8 Å². The first-order valence-corrected chi connectivity index (χ1v) is 10.0. The van der Waals surface area contributed by atoms with E-state index in [2.05, 4.69) is 0 Å². The second-order valence-corrected chi connectivity index (χ2v) is 7.40. The molecule has 2 aromatic rings. The summed E-state index contributed by atoms with van der Waals surface area (Å²) in [6.07, 6.45) is 3.14. The van der Waals surface area contributed by atoms with Gasteiger partial charge in [-0.25, -0.2) is 0 Å². The molecule has 0 N–H and O–H groups in total. The number of fused-ring (bicyclic) bond motifs is 1. The van der Waals surface area contributed by atoms with Gasteiger partial charge >= 0.3 is 5.97 Å². The molecule has 1 aliphatic rings. The van der Waals surface area contributed by atoms with E-state index in [0.717, 1.165) is 11.1 Å². The highest BCUT2D eigenvalue weighted by atomic mass is 35.5. The molecule has 30 heavy (non-hydrogen) atoms. The average Bonchev–Trinajstić information content (AvgIpc) is 2.77. The zero-order valence-electron chi connectivity index (χ0n) is 17.0. The van der Waals surface area contributed by atoms with Gasteiger partial charge in [-0.15, -0.1) is 0 Å². The maximum Gasteiger partial charge on any atom is 0.310 e. The molecule has 0 aliphatic carbocycles. The second-order valence-electron chi connectivity index (χ2n) is 6.99. The van der Waals surface area contributed by atoms with Gasteiger partial charge in [0.2, 0.25) is 5.91 Å². The van der Waals surface area contributed by atoms with Crippen LogP contribution in [0.4, 0.5) is 0 Å². The number of esters is 1. The van der Waals surface area contributed by atoms with Crippen LogP contribution in [0.5, 0.6) is 11.5 Å². The Morgan fingerprint density at radius 2 is 1.93 bits per heavy atom. The number of halogens is 1. The third-order valence-electron chi connectivity index (χ3n) is 4.66. The molecule has 0 saturated heterocycles. The molecule has 7 heteroatoms. The predicted molar refractivity (Wildman–Crippen MR) is 115 cm³/mol. The van der Waals surface area contributed by atoms with Crippen molar-refractivity contribution in [3.05, 3.63) is 64.7 Å². The zero-order valence-corrected chi connectivity index (χ0v) is 17.7. The molecule has 0 aromatic heterocycles. The molecule has 3 rings (SSSR count). The number of carbonyl (C=O) groups excluding carboxylic acids is 2. The molecular formula is C23H24ClNO5. The van der Waals surface area contributed by atoms with Crippen molar-refractivity contribution in [2.24, 2.45) is 5.92 Å². The summed E-state index contributed by atoms with van der Waals surface area (Å²) in [7, 11) is 1.34. The first kappa shape index (κ1) is 21.7. The maximum atomic E-state index is 12.9. The maximum absolute atomic E-state index is 12.9. The molecule has 1 atom stereocenters. The fourth-order valence-corrected chi connectivity index (χ4v) is 3.42. The number of nitrogens with zero attached hydrogens (tertiary/aromatic N) is 1. The van der Waals surface area contributed by atoms with E-state index in [9.17, 15) is 9.59 Å². The van der Waals surface area contributed by atoms with Gasteiger partial charge in [0.15, 0.2) is 11.5 Å². The van der Waals surface area contributed by atoms with Gasteiger partial charge in [-0.05, 0) is 29.3 Å². The lowest BCUT2D eigenvalue weighted by Gasteiger charge is -2.24. The molecule has 0 spiro atoms. The number of ether oxygens (including phenoxy) is 3. The van der Waals surface area contributed by atoms with Crippen LogP contribution in [0, 0.1) is 5.92 Å². The minimum absolute atomic E-state index is 0.222. The number of methoxy groups -OCH3 is 1. The van der Waals surface area contributed by atoms with E-state index >= 15 is 0 Å². The van der Waals surface area contributed by atoms with Gasteiger partial charge in [0.25, 0.3) is 0 Å². The van der Waals surface area contributed by atoms with Crippen LogP contribution in [0.15, 0.2) is 48.5 Å². The fraction of sp³-hybridized carbons (Fsp3) is 0.304. The summed E-state index contributed by atoms with van der Waals surface area (Å²) in [6, 6.07) is 13.1. The van der Waals surface area contributed by atoms with Crippen LogP contribution in [0.1, 0.15) is 18.1 Å². The number of hydrogen-bond donors (Lipinski definition) is 0. The third-order valence-corrected chi connectivity index (χ3v) is 4.94. The average molecular weight is 430 g/mol. The number of rotatable bonds is 7. The zero-order chi connectivity index (χ0) is 21.5. The van der Waals surface area contributed by atoms with E-state index < -0.39 is 5.92 Å². The van der Waals surface area contributed by atoms with E-state index in [1.54, 1.807) is 30.0 Å². The summed E-state index contributed by atoms with van der Waals surface area (Å²) < 4.78 is 15.9. The lowest BCUT2D eigenvalue weighted by molar-refractivity contribution is -0.146. The first-order chi connectivity index (χ1) is 14.5. The van der Waals surface area contributed by atoms with Gasteiger partial charge in [0.1, 0.15) is 13.2 Å². The van der Waals surface area contributed by atoms with Crippen LogP contribution in [-0.2, 0) is 20.9 Å². The van der Waals surface area contributed by atoms with Gasteiger partial charge < -0.3 is 19.1 Å². The van der Waals surface area contributed by atoms with Gasteiger partial charge in [-0.2, -0.15) is 0 Å². The molecule has 1 amide bonds. The number of benzene rings is 2. The Hall–Kier alpha value is -2.99. The summed E-state index contributed by atoms with van der Waals surface area (Å²) in [5, 5.41) is 0.430. The fourth-order valence-electron chi connectivity index (χ4n) is 3.14. The molecule has 0 saturated carbocycles. The van der Waals surface area contributed by atoms with Crippen LogP contribution in [0.3, 0.4) is 0 Å². The summed E-state index contributed by atoms with van der Waals surface area (Å²) in [5.41, 5.74) is 1.69. The van der Waals surface area contributed by atoms with Crippen molar-refractivity contribution < 1.29 is 23.8 Å². The van der Waals surface area contributed by atoms with Gasteiger partial charge in [-0.3, -0.25) is 9.59 Å². The Labute approximate surface area is 181 Å². The SMILES string of the molecule is COC(=O)[C@H](C)CN(Cc1ccccc1)C(=O)/C=C/c1cc(Cl)c2c(c1)OCCO2. The summed E-state index contributed by atoms with van der Waals surface area (Å²) in [5.74, 6) is 0.0502. The van der Waals surface area contributed by atoms with E-state index in [-0.39, 0.29) is 18.4 Å². The van der Waals surface area contributed by atoms with Crippen LogP contribution < -0.4 is 9.47 Å². The van der Waals surface area contributed by atoms with E-state index in [0.29, 0.717) is 36.3 Å². The molecule has 158 valence electrons. The van der Waals surface area contributed by atoms with Crippen molar-refractivity contribution in [1.29, 1.82) is 0 Å². The number of carbonyl (C=O) groups is 2. The lowest BCUT2D eigenvalue weighted by Crippen LogP contribution is -2.35. The highest BCUT2D eigenvalue weighted by Crippen LogP contribution is 2.38. The Balaban J connectivity index is 1.78. The number of amides is 1. The van der Waals surface area contributed by atoms with Gasteiger partial charge in [-0.1, -0.05) is 48.9 Å². The van der Waals surface area contributed by atoms with E-state index in [1.807, 2.05) is 30.3 Å². The monoisotopic (exact) mass is 429 g/mol. The second kappa shape index (κ2) is 10.2. The summed E-state index contributed by atoms with van der Waals surface area (Å²) in [4.78, 5) is 26.4. The summed E-state index contributed by atoms with van der Waals surface area (Å²) >= 11 is 6.27. The van der Waals surface area contributed by atoms with Gasteiger partial charge in [0.05, 0.1) is 18.1 Å². The molecule has 6 nitrogen and oxygen atoms in total. The molecule has 0 radical (unpaired) electrons. The van der Waals surface area contributed by atoms with Crippen LogP contribution in [-0.4, -0.2) is 43.6 Å². The first-order valence-electron chi connectivity index (χ1n) is 9.66. The van der Waals surface area contributed by atoms with Crippen molar-refractivity contribution in [1.82, 2.24) is 4.90 Å². The Morgan fingerprint density at radius 3 is 2.67 bits per heavy atom. The Kier molecular flexibility index (Phi) is 7.36. The minimum atomic E-state index is -0.445. The third kappa shape index (κ3) is 5.54. The molecule has 0 fully saturated rings. The molecule has 1 heterocycles. The minimum Gasteiger partial charge on any atom is -0.486 e. The van der Waals surface area contributed by atoms with Crippen molar-refractivity contribution in [2.45, 2.75) is 13.5 Å². The quantitative estimate of drug-likeness (QED) is 0.492. The summed E-state index contributed by atoms with van der Waals surface area (Å²) in [6.45, 7) is 3.26. The molecule has 0 bridgehead atoms. The predicted octanol–water partition coefficient (Wildman–Crippen LogP) is 3.96. The normalized spacial score (nSPS) is 13.7. The van der Waals surface area contributed by atoms with Crippen LogP contribution >= 0.6 is 11.6 Å². The smallest absolute Gasteiger partial charge is 0.310 e. The Morgan fingerprint density at radius 1 is 1.20 bits per heavy atom. The molecule has 1 aliphatic heterocycles. The molecular weight excluding hydrogens is 406 g/mol. The molecule has 2 aromatic carbocycles. The van der Waals surface area contributed by atoms with E-state index in [1.165, 1.54) is 13.2 Å². The van der Waals surface area contributed by atoms with Crippen molar-refractivity contribution in [3.63, 3.8) is 0 Å². The molecule has 0 unspecified atom stereocenters. The van der Waals surface area contributed by atoms with Crippen molar-refractivity contribution in [3.8, 4) is 11.5 Å². The van der Waals surface area contributed by atoms with Gasteiger partial charge in [0, 0.05) is 19.2 Å². The largest absolute Gasteiger partial charge is 0.486 e. The van der Waals surface area contributed by atoms with Crippen molar-refractivity contribution in [2.75, 3.05) is 26.9 Å². The Bertz CT molecular complexity index is 929. The van der Waals surface area contributed by atoms with Crippen LogP contribution in [0.25, 0.3) is 6.08 Å². The highest BCUT2D eigenvalue weighted by Gasteiger charge is 2.21. The highest BCUT2D eigenvalue weighted by molar-refractivity contribution is 6.32. The standard InChI is InChI=1S/C23H24ClNO5/c1-16(23(27)28-2)14-25(15-17-6-4-3-5-7-17)21(26)9-8-18-12-19(24)22-20(13-18)29-10-11-30-22/h3-9,12-13,16H,10-11,14-15H2,1-2H3/b9-8+/t16-/m1/s1. The number of hydrogen-bond acceptors (Lipinski definition) is 5.